The molecule has 13 heavy (non-hydrogen) atoms. The van der Waals surface area contributed by atoms with Crippen molar-refractivity contribution in [2.24, 2.45) is 0 Å². The molecule has 0 saturated carbocycles. The lowest BCUT2D eigenvalue weighted by molar-refractivity contribution is -0.120. The highest BCUT2D eigenvalue weighted by Crippen LogP contribution is 2.18. The van der Waals surface area contributed by atoms with Crippen LogP contribution >= 0.6 is 0 Å². The lowest BCUT2D eigenvalue weighted by Crippen LogP contribution is -2.31. The highest BCUT2D eigenvalue weighted by Gasteiger charge is 2.20. The number of nitrogens with one attached hydrogen (secondary N) is 1. The molecule has 1 atom stereocenters. The van der Waals surface area contributed by atoms with Crippen LogP contribution in [-0.4, -0.2) is 22.3 Å². The number of carbonyl (C=O) groups excluding carboxylic acids is 1. The van der Waals surface area contributed by atoms with Gasteiger partial charge in [0, 0.05) is 43.4 Å². The summed E-state index contributed by atoms with van der Waals surface area (Å²) in [6, 6.07) is 0.113. The lowest BCUT2D eigenvalue weighted by Gasteiger charge is -2.21. The van der Waals surface area contributed by atoms with Crippen LogP contribution in [0.3, 0.4) is 0 Å². The van der Waals surface area contributed by atoms with Crippen LogP contribution < -0.4 is 5.32 Å². The van der Waals surface area contributed by atoms with E-state index in [-0.39, 0.29) is 6.04 Å². The first-order valence-electron chi connectivity index (χ1n) is 4.36. The SMILES string of the molecule is O=C1CCNC(c2cncnc2)C1. The first kappa shape index (κ1) is 8.31. The van der Waals surface area contributed by atoms with Crippen LogP contribution in [0.15, 0.2) is 18.7 Å². The summed E-state index contributed by atoms with van der Waals surface area (Å²) in [4.78, 5) is 19.0. The van der Waals surface area contributed by atoms with Gasteiger partial charge in [0.1, 0.15) is 12.1 Å². The smallest absolute Gasteiger partial charge is 0.136 e. The van der Waals surface area contributed by atoms with E-state index in [4.69, 9.17) is 0 Å². The Hall–Kier alpha value is -1.29. The molecule has 0 spiro atoms. The lowest BCUT2D eigenvalue weighted by atomic mass is 9.99. The fourth-order valence-corrected chi connectivity index (χ4v) is 1.51. The maximum atomic E-state index is 11.2. The minimum atomic E-state index is 0.113. The molecule has 0 radical (unpaired) electrons. The van der Waals surface area contributed by atoms with E-state index in [1.165, 1.54) is 6.33 Å². The van der Waals surface area contributed by atoms with Gasteiger partial charge in [0.2, 0.25) is 0 Å². The Morgan fingerprint density at radius 3 is 2.85 bits per heavy atom. The topological polar surface area (TPSA) is 54.9 Å². The maximum absolute atomic E-state index is 11.2. The van der Waals surface area contributed by atoms with Crippen molar-refractivity contribution < 1.29 is 4.79 Å². The van der Waals surface area contributed by atoms with Gasteiger partial charge in [-0.1, -0.05) is 0 Å². The van der Waals surface area contributed by atoms with Crippen LogP contribution in [0.2, 0.25) is 0 Å². The number of piperidine rings is 1. The van der Waals surface area contributed by atoms with Crippen molar-refractivity contribution in [1.82, 2.24) is 15.3 Å². The normalized spacial score (nSPS) is 23.1. The highest BCUT2D eigenvalue weighted by molar-refractivity contribution is 5.80. The predicted molar refractivity (Wildman–Crippen MR) is 47.0 cm³/mol. The van der Waals surface area contributed by atoms with Gasteiger partial charge in [0.05, 0.1) is 0 Å². The van der Waals surface area contributed by atoms with Crippen LogP contribution in [0.5, 0.6) is 0 Å². The molecule has 0 aromatic carbocycles. The summed E-state index contributed by atoms with van der Waals surface area (Å²) in [5, 5.41) is 3.26. The molecule has 1 unspecified atom stereocenters. The Morgan fingerprint density at radius 2 is 2.15 bits per heavy atom. The highest BCUT2D eigenvalue weighted by atomic mass is 16.1. The minimum absolute atomic E-state index is 0.113. The van der Waals surface area contributed by atoms with Gasteiger partial charge >= 0.3 is 0 Å². The quantitative estimate of drug-likeness (QED) is 0.677. The molecular formula is C9H11N3O. The molecule has 1 fully saturated rings. The Bertz CT molecular complexity index is 299. The second-order valence-electron chi connectivity index (χ2n) is 3.17. The van der Waals surface area contributed by atoms with Crippen molar-refractivity contribution in [3.8, 4) is 0 Å². The molecule has 1 aromatic heterocycles. The Labute approximate surface area is 76.4 Å². The predicted octanol–water partition coefficient (Wildman–Crippen LogP) is 0.470. The molecule has 1 aromatic rings. The molecule has 1 saturated heterocycles. The molecule has 1 aliphatic rings. The van der Waals surface area contributed by atoms with Gasteiger partial charge in [0.15, 0.2) is 0 Å². The van der Waals surface area contributed by atoms with Gasteiger partial charge in [-0.2, -0.15) is 0 Å². The third-order valence-electron chi connectivity index (χ3n) is 2.21. The van der Waals surface area contributed by atoms with Crippen LogP contribution in [0.4, 0.5) is 0 Å². The number of hydrogen-bond acceptors (Lipinski definition) is 4. The summed E-state index contributed by atoms with van der Waals surface area (Å²) in [7, 11) is 0. The van der Waals surface area contributed by atoms with Crippen LogP contribution in [0, 0.1) is 0 Å². The molecule has 68 valence electrons. The molecular weight excluding hydrogens is 166 g/mol. The third kappa shape index (κ3) is 1.89. The number of nitrogens with zero attached hydrogens (tertiary/aromatic N) is 2. The number of carbonyl (C=O) groups is 1. The number of hydrogen-bond donors (Lipinski definition) is 1. The van der Waals surface area contributed by atoms with Crippen LogP contribution in [-0.2, 0) is 4.79 Å². The number of ketones is 1. The van der Waals surface area contributed by atoms with Gasteiger partial charge < -0.3 is 5.32 Å². The van der Waals surface area contributed by atoms with Crippen LogP contribution in [0.25, 0.3) is 0 Å². The molecule has 1 N–H and O–H groups in total. The average molecular weight is 177 g/mol. The molecule has 4 heteroatoms. The van der Waals surface area contributed by atoms with Crippen molar-refractivity contribution >= 4 is 5.78 Å². The summed E-state index contributed by atoms with van der Waals surface area (Å²) < 4.78 is 0. The van der Waals surface area contributed by atoms with Gasteiger partial charge in [-0.3, -0.25) is 4.79 Å². The van der Waals surface area contributed by atoms with E-state index in [1.807, 2.05) is 0 Å². The molecule has 2 rings (SSSR count). The second kappa shape index (κ2) is 3.62. The fraction of sp³-hybridized carbons (Fsp3) is 0.444. The van der Waals surface area contributed by atoms with E-state index >= 15 is 0 Å². The molecule has 0 amide bonds. The standard InChI is InChI=1S/C9H11N3O/c13-8-1-2-12-9(3-8)7-4-10-6-11-5-7/h4-6,9,12H,1-3H2. The zero-order valence-electron chi connectivity index (χ0n) is 7.23. The largest absolute Gasteiger partial charge is 0.309 e. The van der Waals surface area contributed by atoms with Crippen molar-refractivity contribution in [2.75, 3.05) is 6.54 Å². The van der Waals surface area contributed by atoms with Crippen LogP contribution in [0.1, 0.15) is 24.4 Å². The summed E-state index contributed by atoms with van der Waals surface area (Å²) in [6.07, 6.45) is 6.21. The number of Topliss-reactive ketones (excluding diaryl/α,β-unsaturated/α-hetero) is 1. The first-order valence-corrected chi connectivity index (χ1v) is 4.36. The van der Waals surface area contributed by atoms with Crippen molar-refractivity contribution in [2.45, 2.75) is 18.9 Å². The molecule has 2 heterocycles. The van der Waals surface area contributed by atoms with Crippen molar-refractivity contribution in [3.63, 3.8) is 0 Å². The molecule has 1 aliphatic heterocycles. The second-order valence-corrected chi connectivity index (χ2v) is 3.17. The van der Waals surface area contributed by atoms with Crippen molar-refractivity contribution in [3.05, 3.63) is 24.3 Å². The maximum Gasteiger partial charge on any atom is 0.136 e. The summed E-state index contributed by atoms with van der Waals surface area (Å²) >= 11 is 0. The molecule has 4 nitrogen and oxygen atoms in total. The summed E-state index contributed by atoms with van der Waals surface area (Å²) in [5.74, 6) is 0.313. The molecule has 0 bridgehead atoms. The average Bonchev–Trinajstić information content (AvgIpc) is 2.19. The first-order chi connectivity index (χ1) is 6.36. The van der Waals surface area contributed by atoms with E-state index < -0.39 is 0 Å². The van der Waals surface area contributed by atoms with E-state index in [9.17, 15) is 4.79 Å². The van der Waals surface area contributed by atoms with Crippen molar-refractivity contribution in [1.29, 1.82) is 0 Å². The van der Waals surface area contributed by atoms with E-state index in [1.54, 1.807) is 12.4 Å². The van der Waals surface area contributed by atoms with E-state index in [0.717, 1.165) is 12.1 Å². The Morgan fingerprint density at radius 1 is 1.38 bits per heavy atom. The zero-order valence-corrected chi connectivity index (χ0v) is 7.23. The number of aromatic nitrogens is 2. The summed E-state index contributed by atoms with van der Waals surface area (Å²) in [6.45, 7) is 0.762. The minimum Gasteiger partial charge on any atom is -0.309 e. The van der Waals surface area contributed by atoms with Gasteiger partial charge in [0.25, 0.3) is 0 Å². The fourth-order valence-electron chi connectivity index (χ4n) is 1.51. The monoisotopic (exact) mass is 177 g/mol. The zero-order chi connectivity index (χ0) is 9.10. The Balaban J connectivity index is 2.13. The Kier molecular flexibility index (Phi) is 2.31. The van der Waals surface area contributed by atoms with E-state index in [0.29, 0.717) is 18.6 Å². The van der Waals surface area contributed by atoms with Gasteiger partial charge in [-0.15, -0.1) is 0 Å². The number of rotatable bonds is 1. The third-order valence-corrected chi connectivity index (χ3v) is 2.21. The van der Waals surface area contributed by atoms with Gasteiger partial charge in [-0.25, -0.2) is 9.97 Å². The summed E-state index contributed by atoms with van der Waals surface area (Å²) in [5.41, 5.74) is 0.996. The molecule has 0 aliphatic carbocycles. The van der Waals surface area contributed by atoms with Gasteiger partial charge in [-0.05, 0) is 0 Å². The van der Waals surface area contributed by atoms with E-state index in [2.05, 4.69) is 15.3 Å².